The van der Waals surface area contributed by atoms with Gasteiger partial charge in [0.15, 0.2) is 0 Å². The molecular weight excluding hydrogens is 366 g/mol. The molecule has 2 aliphatic heterocycles. The molecule has 0 N–H and O–H groups in total. The number of nitrogens with zero attached hydrogens (tertiary/aromatic N) is 3. The Morgan fingerprint density at radius 2 is 1.48 bits per heavy atom. The van der Waals surface area contributed by atoms with Crippen LogP contribution < -0.4 is 0 Å². The van der Waals surface area contributed by atoms with Gasteiger partial charge < -0.3 is 14.5 Å². The van der Waals surface area contributed by atoms with E-state index in [-0.39, 0.29) is 23.8 Å². The zero-order chi connectivity index (χ0) is 20.8. The van der Waals surface area contributed by atoms with Gasteiger partial charge in [-0.3, -0.25) is 14.5 Å². The molecule has 2 saturated heterocycles. The van der Waals surface area contributed by atoms with Gasteiger partial charge in [-0.25, -0.2) is 0 Å². The molecule has 0 atom stereocenters. The summed E-state index contributed by atoms with van der Waals surface area (Å²) in [5.41, 5.74) is 0. The molecule has 3 aliphatic rings. The zero-order valence-electron chi connectivity index (χ0n) is 18.8. The third-order valence-electron chi connectivity index (χ3n) is 7.15. The number of piperidine rings is 2. The van der Waals surface area contributed by atoms with Crippen LogP contribution >= 0.6 is 0 Å². The van der Waals surface area contributed by atoms with Crippen molar-refractivity contribution in [2.45, 2.75) is 89.9 Å². The second kappa shape index (κ2) is 10.8. The van der Waals surface area contributed by atoms with Gasteiger partial charge in [0, 0.05) is 45.2 Å². The number of carbonyl (C=O) groups excluding carboxylic acids is 2. The van der Waals surface area contributed by atoms with E-state index in [1.807, 2.05) is 30.7 Å². The molecule has 0 aromatic carbocycles. The number of hydrogen-bond donors (Lipinski definition) is 0. The summed E-state index contributed by atoms with van der Waals surface area (Å²) in [6.07, 6.45) is 11.0. The molecule has 6 nitrogen and oxygen atoms in total. The lowest BCUT2D eigenvalue weighted by molar-refractivity contribution is -0.141. The Labute approximate surface area is 176 Å². The first-order valence-corrected chi connectivity index (χ1v) is 11.9. The number of likely N-dealkylation sites (tertiary alicyclic amines) is 2. The van der Waals surface area contributed by atoms with Crippen LogP contribution in [-0.2, 0) is 14.3 Å². The maximum Gasteiger partial charge on any atom is 0.236 e. The first-order valence-electron chi connectivity index (χ1n) is 11.9. The number of amides is 2. The minimum Gasteiger partial charge on any atom is -0.375 e. The van der Waals surface area contributed by atoms with Gasteiger partial charge in [-0.1, -0.05) is 19.3 Å². The monoisotopic (exact) mass is 407 g/mol. The van der Waals surface area contributed by atoms with Gasteiger partial charge in [0.25, 0.3) is 0 Å². The Morgan fingerprint density at radius 1 is 0.897 bits per heavy atom. The molecule has 3 fully saturated rings. The highest BCUT2D eigenvalue weighted by Crippen LogP contribution is 2.25. The Hall–Kier alpha value is -1.14. The van der Waals surface area contributed by atoms with E-state index in [0.717, 1.165) is 38.8 Å². The fraction of sp³-hybridized carbons (Fsp3) is 0.913. The normalized spacial score (nSPS) is 23.5. The summed E-state index contributed by atoms with van der Waals surface area (Å²) in [5, 5.41) is 0. The third-order valence-corrected chi connectivity index (χ3v) is 7.15. The predicted molar refractivity (Wildman–Crippen MR) is 115 cm³/mol. The van der Waals surface area contributed by atoms with Crippen molar-refractivity contribution in [3.8, 4) is 0 Å². The fourth-order valence-corrected chi connectivity index (χ4v) is 4.89. The number of ether oxygens (including phenoxy) is 1. The van der Waals surface area contributed by atoms with E-state index in [1.54, 1.807) is 0 Å². The summed E-state index contributed by atoms with van der Waals surface area (Å²) < 4.78 is 6.31. The highest BCUT2D eigenvalue weighted by atomic mass is 16.5. The molecule has 0 radical (unpaired) electrons. The van der Waals surface area contributed by atoms with Crippen LogP contribution in [0.3, 0.4) is 0 Å². The van der Waals surface area contributed by atoms with Gasteiger partial charge in [0.1, 0.15) is 0 Å². The first-order chi connectivity index (χ1) is 13.9. The molecule has 0 bridgehead atoms. The highest BCUT2D eigenvalue weighted by molar-refractivity contribution is 5.81. The SMILES string of the molecule is CC(C)N(C)C(=O)C1CCN(C(=O)CN2CCC(OC3CCCCC3)CC2)CC1. The van der Waals surface area contributed by atoms with Crippen molar-refractivity contribution < 1.29 is 14.3 Å². The molecule has 2 amide bonds. The number of hydrogen-bond acceptors (Lipinski definition) is 4. The zero-order valence-corrected chi connectivity index (χ0v) is 18.8. The van der Waals surface area contributed by atoms with Crippen LogP contribution in [0.1, 0.15) is 71.6 Å². The molecule has 6 heteroatoms. The van der Waals surface area contributed by atoms with Gasteiger partial charge >= 0.3 is 0 Å². The van der Waals surface area contributed by atoms with Crippen LogP contribution in [0.4, 0.5) is 0 Å². The Bertz CT molecular complexity index is 531. The molecule has 0 aromatic rings. The van der Waals surface area contributed by atoms with E-state index >= 15 is 0 Å². The van der Waals surface area contributed by atoms with Gasteiger partial charge in [-0.05, 0) is 52.4 Å². The average Bonchev–Trinajstić information content (AvgIpc) is 2.75. The summed E-state index contributed by atoms with van der Waals surface area (Å²) >= 11 is 0. The third kappa shape index (κ3) is 6.42. The number of carbonyl (C=O) groups is 2. The van der Waals surface area contributed by atoms with Crippen LogP contribution in [0.15, 0.2) is 0 Å². The predicted octanol–water partition coefficient (Wildman–Crippen LogP) is 2.91. The molecule has 1 saturated carbocycles. The lowest BCUT2D eigenvalue weighted by Gasteiger charge is -2.37. The Kier molecular flexibility index (Phi) is 8.36. The summed E-state index contributed by atoms with van der Waals surface area (Å²) in [4.78, 5) is 31.3. The van der Waals surface area contributed by atoms with Crippen molar-refractivity contribution in [3.63, 3.8) is 0 Å². The van der Waals surface area contributed by atoms with Crippen molar-refractivity contribution in [3.05, 3.63) is 0 Å². The highest BCUT2D eigenvalue weighted by Gasteiger charge is 2.31. The molecular formula is C23H41N3O3. The second-order valence-corrected chi connectivity index (χ2v) is 9.57. The fourth-order valence-electron chi connectivity index (χ4n) is 4.89. The first kappa shape index (κ1) is 22.5. The van der Waals surface area contributed by atoms with E-state index in [1.165, 1.54) is 32.1 Å². The molecule has 0 unspecified atom stereocenters. The maximum atomic E-state index is 12.7. The summed E-state index contributed by atoms with van der Waals surface area (Å²) in [5.74, 6) is 0.519. The lowest BCUT2D eigenvalue weighted by atomic mass is 9.95. The Morgan fingerprint density at radius 3 is 2.07 bits per heavy atom. The topological polar surface area (TPSA) is 53.1 Å². The minimum absolute atomic E-state index is 0.0686. The smallest absolute Gasteiger partial charge is 0.236 e. The van der Waals surface area contributed by atoms with Crippen LogP contribution in [0.5, 0.6) is 0 Å². The molecule has 0 aromatic heterocycles. The van der Waals surface area contributed by atoms with Gasteiger partial charge in [-0.2, -0.15) is 0 Å². The summed E-state index contributed by atoms with van der Waals surface area (Å²) in [6, 6.07) is 0.229. The molecule has 0 spiro atoms. The maximum absolute atomic E-state index is 12.7. The van der Waals surface area contributed by atoms with Crippen molar-refractivity contribution in [1.29, 1.82) is 0 Å². The van der Waals surface area contributed by atoms with E-state index < -0.39 is 0 Å². The van der Waals surface area contributed by atoms with E-state index in [9.17, 15) is 9.59 Å². The standard InChI is InChI=1S/C23H41N3O3/c1-18(2)24(3)23(28)19-9-15-26(16-10-19)22(27)17-25-13-11-21(12-14-25)29-20-7-5-4-6-8-20/h18-21H,4-17H2,1-3H3. The lowest BCUT2D eigenvalue weighted by Crippen LogP contribution is -2.49. The van der Waals surface area contributed by atoms with Gasteiger partial charge in [0.05, 0.1) is 18.8 Å². The van der Waals surface area contributed by atoms with Crippen LogP contribution in [0.2, 0.25) is 0 Å². The number of rotatable bonds is 6. The second-order valence-electron chi connectivity index (χ2n) is 9.57. The molecule has 29 heavy (non-hydrogen) atoms. The van der Waals surface area contributed by atoms with Crippen LogP contribution in [0, 0.1) is 5.92 Å². The van der Waals surface area contributed by atoms with Crippen molar-refractivity contribution in [2.75, 3.05) is 39.8 Å². The van der Waals surface area contributed by atoms with E-state index in [2.05, 4.69) is 4.90 Å². The van der Waals surface area contributed by atoms with Gasteiger partial charge in [0.2, 0.25) is 11.8 Å². The minimum atomic E-state index is 0.0686. The summed E-state index contributed by atoms with van der Waals surface area (Å²) in [7, 11) is 1.88. The molecule has 2 heterocycles. The Balaban J connectivity index is 1.34. The van der Waals surface area contributed by atoms with E-state index in [0.29, 0.717) is 31.8 Å². The van der Waals surface area contributed by atoms with Crippen LogP contribution in [0.25, 0.3) is 0 Å². The van der Waals surface area contributed by atoms with E-state index in [4.69, 9.17) is 4.74 Å². The van der Waals surface area contributed by atoms with Crippen molar-refractivity contribution in [1.82, 2.24) is 14.7 Å². The van der Waals surface area contributed by atoms with Crippen molar-refractivity contribution in [2.24, 2.45) is 5.92 Å². The van der Waals surface area contributed by atoms with Gasteiger partial charge in [-0.15, -0.1) is 0 Å². The average molecular weight is 408 g/mol. The van der Waals surface area contributed by atoms with Crippen LogP contribution in [-0.4, -0.2) is 84.5 Å². The molecule has 166 valence electrons. The quantitative estimate of drug-likeness (QED) is 0.679. The van der Waals surface area contributed by atoms with Crippen molar-refractivity contribution >= 4 is 11.8 Å². The summed E-state index contributed by atoms with van der Waals surface area (Å²) in [6.45, 7) is 7.93. The molecule has 1 aliphatic carbocycles. The largest absolute Gasteiger partial charge is 0.375 e. The molecule has 3 rings (SSSR count).